The highest BCUT2D eigenvalue weighted by molar-refractivity contribution is 9.10. The molecule has 1 aromatic carbocycles. The van der Waals surface area contributed by atoms with Crippen LogP contribution in [0.1, 0.15) is 41.8 Å². The highest BCUT2D eigenvalue weighted by Gasteiger charge is 2.12. The maximum Gasteiger partial charge on any atom is 0.335 e. The van der Waals surface area contributed by atoms with Crippen LogP contribution in [-0.2, 0) is 6.61 Å². The van der Waals surface area contributed by atoms with Crippen LogP contribution in [0.25, 0.3) is 0 Å². The van der Waals surface area contributed by atoms with Gasteiger partial charge in [0.15, 0.2) is 6.61 Å². The topological polar surface area (TPSA) is 85.5 Å². The molecule has 0 radical (unpaired) electrons. The number of aromatic nitrogens is 2. The Morgan fingerprint density at radius 2 is 2.25 bits per heavy atom. The van der Waals surface area contributed by atoms with Crippen molar-refractivity contribution in [2.45, 2.75) is 26.4 Å². The van der Waals surface area contributed by atoms with Crippen LogP contribution in [-0.4, -0.2) is 21.2 Å². The molecule has 0 aliphatic heterocycles. The molecule has 0 bridgehead atoms. The average Bonchev–Trinajstić information content (AvgIpc) is 2.86. The fourth-order valence-electron chi connectivity index (χ4n) is 1.45. The van der Waals surface area contributed by atoms with Crippen LogP contribution in [0.2, 0.25) is 0 Å². The third-order valence-electron chi connectivity index (χ3n) is 2.51. The quantitative estimate of drug-likeness (QED) is 0.899. The fourth-order valence-corrected chi connectivity index (χ4v) is 1.95. The summed E-state index contributed by atoms with van der Waals surface area (Å²) in [7, 11) is 0. The summed E-state index contributed by atoms with van der Waals surface area (Å²) < 4.78 is 11.2. The number of hydrogen-bond donors (Lipinski definition) is 1. The summed E-state index contributed by atoms with van der Waals surface area (Å²) in [6.07, 6.45) is 0. The molecule has 0 aliphatic carbocycles. The maximum absolute atomic E-state index is 10.8. The summed E-state index contributed by atoms with van der Waals surface area (Å²) in [4.78, 5) is 15.0. The fraction of sp³-hybridized carbons (Fsp3) is 0.308. The van der Waals surface area contributed by atoms with E-state index in [1.54, 1.807) is 6.07 Å². The molecule has 2 aromatic rings. The molecule has 6 nitrogen and oxygen atoms in total. The Bertz CT molecular complexity index is 625. The van der Waals surface area contributed by atoms with Gasteiger partial charge in [0.1, 0.15) is 5.75 Å². The van der Waals surface area contributed by atoms with E-state index in [1.807, 2.05) is 13.8 Å². The molecule has 1 aromatic heterocycles. The van der Waals surface area contributed by atoms with E-state index < -0.39 is 5.97 Å². The van der Waals surface area contributed by atoms with E-state index in [2.05, 4.69) is 26.1 Å². The van der Waals surface area contributed by atoms with Crippen LogP contribution < -0.4 is 4.74 Å². The number of aromatic carboxylic acids is 1. The Hall–Kier alpha value is -1.89. The number of hydrogen-bond acceptors (Lipinski definition) is 5. The number of benzene rings is 1. The predicted octanol–water partition coefficient (Wildman–Crippen LogP) is 3.23. The summed E-state index contributed by atoms with van der Waals surface area (Å²) in [6, 6.07) is 4.53. The highest BCUT2D eigenvalue weighted by atomic mass is 79.9. The number of carboxylic acid groups (broad SMARTS) is 1. The first-order valence-electron chi connectivity index (χ1n) is 5.95. The van der Waals surface area contributed by atoms with Crippen molar-refractivity contribution >= 4 is 21.9 Å². The summed E-state index contributed by atoms with van der Waals surface area (Å²) >= 11 is 3.26. The lowest BCUT2D eigenvalue weighted by molar-refractivity contribution is 0.0696. The number of rotatable bonds is 5. The molecule has 0 saturated heterocycles. The van der Waals surface area contributed by atoms with Gasteiger partial charge in [0.2, 0.25) is 11.7 Å². The van der Waals surface area contributed by atoms with E-state index >= 15 is 0 Å². The minimum absolute atomic E-state index is 0.154. The van der Waals surface area contributed by atoms with Gasteiger partial charge in [-0.15, -0.1) is 0 Å². The average molecular weight is 341 g/mol. The lowest BCUT2D eigenvalue weighted by Crippen LogP contribution is -2.00. The first kappa shape index (κ1) is 14.5. The molecule has 0 aliphatic rings. The second kappa shape index (κ2) is 6.04. The Morgan fingerprint density at radius 1 is 1.50 bits per heavy atom. The van der Waals surface area contributed by atoms with Gasteiger partial charge < -0.3 is 14.4 Å². The van der Waals surface area contributed by atoms with Crippen molar-refractivity contribution in [2.75, 3.05) is 0 Å². The van der Waals surface area contributed by atoms with Crippen molar-refractivity contribution in [3.63, 3.8) is 0 Å². The van der Waals surface area contributed by atoms with Gasteiger partial charge in [-0.25, -0.2) is 4.79 Å². The smallest absolute Gasteiger partial charge is 0.335 e. The van der Waals surface area contributed by atoms with Crippen LogP contribution in [0.15, 0.2) is 27.2 Å². The van der Waals surface area contributed by atoms with Crippen molar-refractivity contribution in [3.8, 4) is 5.75 Å². The first-order valence-corrected chi connectivity index (χ1v) is 6.74. The van der Waals surface area contributed by atoms with Crippen LogP contribution in [0.4, 0.5) is 0 Å². The van der Waals surface area contributed by atoms with E-state index in [1.165, 1.54) is 12.1 Å². The Balaban J connectivity index is 2.05. The van der Waals surface area contributed by atoms with Crippen LogP contribution >= 0.6 is 15.9 Å². The second-order valence-corrected chi connectivity index (χ2v) is 5.30. The summed E-state index contributed by atoms with van der Waals surface area (Å²) in [6.45, 7) is 4.07. The largest absolute Gasteiger partial charge is 0.484 e. The van der Waals surface area contributed by atoms with Crippen molar-refractivity contribution in [3.05, 3.63) is 40.0 Å². The van der Waals surface area contributed by atoms with Crippen molar-refractivity contribution in [2.24, 2.45) is 0 Å². The molecule has 7 heteroatoms. The number of carbonyl (C=O) groups is 1. The van der Waals surface area contributed by atoms with Gasteiger partial charge in [-0.1, -0.05) is 19.0 Å². The third kappa shape index (κ3) is 3.36. The van der Waals surface area contributed by atoms with Gasteiger partial charge in [-0.3, -0.25) is 0 Å². The second-order valence-electron chi connectivity index (χ2n) is 4.44. The molecule has 2 rings (SSSR count). The third-order valence-corrected chi connectivity index (χ3v) is 3.13. The zero-order chi connectivity index (χ0) is 14.7. The maximum atomic E-state index is 10.8. The van der Waals surface area contributed by atoms with Crippen LogP contribution in [0.5, 0.6) is 5.75 Å². The predicted molar refractivity (Wildman–Crippen MR) is 73.8 cm³/mol. The van der Waals surface area contributed by atoms with E-state index in [-0.39, 0.29) is 18.1 Å². The molecule has 0 fully saturated rings. The van der Waals surface area contributed by atoms with Gasteiger partial charge in [0.25, 0.3) is 0 Å². The molecule has 0 amide bonds. The number of nitrogens with zero attached hydrogens (tertiary/aromatic N) is 2. The molecule has 1 heterocycles. The molecule has 0 spiro atoms. The van der Waals surface area contributed by atoms with E-state index in [4.69, 9.17) is 14.4 Å². The minimum Gasteiger partial charge on any atom is -0.484 e. The summed E-state index contributed by atoms with van der Waals surface area (Å²) in [5.41, 5.74) is 0.186. The van der Waals surface area contributed by atoms with E-state index in [0.717, 1.165) is 0 Å². The summed E-state index contributed by atoms with van der Waals surface area (Å²) in [5, 5.41) is 12.7. The first-order chi connectivity index (χ1) is 9.47. The zero-order valence-electron chi connectivity index (χ0n) is 11.0. The molecule has 0 atom stereocenters. The van der Waals surface area contributed by atoms with Gasteiger partial charge in [-0.05, 0) is 34.1 Å². The zero-order valence-corrected chi connectivity index (χ0v) is 12.5. The molecule has 0 unspecified atom stereocenters. The Kier molecular flexibility index (Phi) is 4.39. The molecule has 106 valence electrons. The Morgan fingerprint density at radius 3 is 2.80 bits per heavy atom. The number of ether oxygens (including phenoxy) is 1. The van der Waals surface area contributed by atoms with Gasteiger partial charge in [-0.2, -0.15) is 4.98 Å². The minimum atomic E-state index is -0.989. The molecular weight excluding hydrogens is 328 g/mol. The molecular formula is C13H13BrN2O4. The van der Waals surface area contributed by atoms with Crippen LogP contribution in [0.3, 0.4) is 0 Å². The van der Waals surface area contributed by atoms with Gasteiger partial charge in [0, 0.05) is 5.92 Å². The lowest BCUT2D eigenvalue weighted by Gasteiger charge is -2.06. The Labute approximate surface area is 123 Å². The summed E-state index contributed by atoms with van der Waals surface area (Å²) in [5.74, 6) is 0.701. The SMILES string of the molecule is CC(C)c1nc(COc2ccc(C(=O)O)cc2Br)no1. The van der Waals surface area contributed by atoms with Gasteiger partial charge >= 0.3 is 5.97 Å². The monoisotopic (exact) mass is 340 g/mol. The lowest BCUT2D eigenvalue weighted by atomic mass is 10.2. The van der Waals surface area contributed by atoms with E-state index in [9.17, 15) is 4.79 Å². The normalized spacial score (nSPS) is 10.8. The van der Waals surface area contributed by atoms with Crippen molar-refractivity contribution in [1.82, 2.24) is 10.1 Å². The van der Waals surface area contributed by atoms with Gasteiger partial charge in [0.05, 0.1) is 10.0 Å². The molecule has 20 heavy (non-hydrogen) atoms. The van der Waals surface area contributed by atoms with Crippen molar-refractivity contribution in [1.29, 1.82) is 0 Å². The number of carboxylic acids is 1. The van der Waals surface area contributed by atoms with Crippen molar-refractivity contribution < 1.29 is 19.2 Å². The van der Waals surface area contributed by atoms with E-state index in [0.29, 0.717) is 21.9 Å². The molecule has 1 N–H and O–H groups in total. The van der Waals surface area contributed by atoms with Crippen LogP contribution in [0, 0.1) is 0 Å². The molecule has 0 saturated carbocycles. The standard InChI is InChI=1S/C13H13BrN2O4/c1-7(2)12-15-11(16-20-12)6-19-10-4-3-8(13(17)18)5-9(10)14/h3-5,7H,6H2,1-2H3,(H,17,18). The number of halogens is 1. The highest BCUT2D eigenvalue weighted by Crippen LogP contribution is 2.26.